The van der Waals surface area contributed by atoms with Gasteiger partial charge in [0.25, 0.3) is 5.91 Å². The number of fused-ring (bicyclic) bond motifs is 3. The second kappa shape index (κ2) is 9.56. The first-order chi connectivity index (χ1) is 18.5. The molecule has 0 spiro atoms. The van der Waals surface area contributed by atoms with Gasteiger partial charge in [0, 0.05) is 47.7 Å². The van der Waals surface area contributed by atoms with E-state index in [1.807, 2.05) is 24.3 Å². The highest BCUT2D eigenvalue weighted by Gasteiger charge is 2.41. The summed E-state index contributed by atoms with van der Waals surface area (Å²) in [7, 11) is 4.64. The molecule has 5 rings (SSSR count). The molecule has 0 saturated heterocycles. The van der Waals surface area contributed by atoms with Crippen molar-refractivity contribution in [2.45, 2.75) is 45.1 Å². The van der Waals surface area contributed by atoms with Gasteiger partial charge in [-0.25, -0.2) is 4.79 Å². The van der Waals surface area contributed by atoms with Crippen LogP contribution >= 0.6 is 0 Å². The first-order valence-corrected chi connectivity index (χ1v) is 13.0. The second-order valence-corrected chi connectivity index (χ2v) is 11.3. The van der Waals surface area contributed by atoms with E-state index in [1.165, 1.54) is 7.11 Å². The van der Waals surface area contributed by atoms with Gasteiger partial charge in [-0.15, -0.1) is 0 Å². The molecule has 0 fully saturated rings. The summed E-state index contributed by atoms with van der Waals surface area (Å²) in [6, 6.07) is 15.0. The first kappa shape index (κ1) is 26.5. The fraction of sp³-hybridized carbons (Fsp3) is 0.344. The van der Waals surface area contributed by atoms with Gasteiger partial charge in [-0.05, 0) is 60.9 Å². The molecule has 1 amide bonds. The molecule has 3 aromatic rings. The number of amides is 1. The monoisotopic (exact) mass is 526 g/mol. The Morgan fingerprint density at radius 1 is 0.974 bits per heavy atom. The molecular formula is C32H34N2O5. The Labute approximate surface area is 229 Å². The Morgan fingerprint density at radius 2 is 1.67 bits per heavy atom. The molecule has 0 unspecified atom stereocenters. The largest absolute Gasteiger partial charge is 0.493 e. The van der Waals surface area contributed by atoms with E-state index in [0.29, 0.717) is 23.2 Å². The summed E-state index contributed by atoms with van der Waals surface area (Å²) in [4.78, 5) is 29.9. The van der Waals surface area contributed by atoms with Gasteiger partial charge >= 0.3 is 5.97 Å². The van der Waals surface area contributed by atoms with Crippen molar-refractivity contribution in [2.24, 2.45) is 4.99 Å². The van der Waals surface area contributed by atoms with Crippen molar-refractivity contribution in [1.29, 1.82) is 0 Å². The molecule has 0 aromatic heterocycles. The van der Waals surface area contributed by atoms with Crippen LogP contribution in [0, 0.1) is 0 Å². The summed E-state index contributed by atoms with van der Waals surface area (Å²) in [5.41, 5.74) is 7.00. The number of aliphatic imine (C=N–C) groups is 1. The lowest BCUT2D eigenvalue weighted by atomic mass is 9.74. The molecule has 2 aliphatic heterocycles. The normalized spacial score (nSPS) is 16.3. The molecule has 0 bridgehead atoms. The molecule has 2 aliphatic rings. The Bertz CT molecular complexity index is 1520. The number of ether oxygens (including phenoxy) is 3. The number of carbonyl (C=O) groups is 2. The van der Waals surface area contributed by atoms with Crippen LogP contribution in [-0.2, 0) is 16.6 Å². The van der Waals surface area contributed by atoms with Crippen LogP contribution in [0.15, 0.2) is 53.5 Å². The number of esters is 1. The highest BCUT2D eigenvalue weighted by molar-refractivity contribution is 6.17. The number of nitrogens with one attached hydrogen (secondary N) is 1. The highest BCUT2D eigenvalue weighted by Crippen LogP contribution is 2.49. The lowest BCUT2D eigenvalue weighted by molar-refractivity contribution is 0.0601. The smallest absolute Gasteiger partial charge is 0.338 e. The number of methoxy groups -OCH3 is 2. The van der Waals surface area contributed by atoms with Crippen LogP contribution in [0.25, 0.3) is 11.1 Å². The number of nitrogens with zero attached hydrogens (tertiary/aromatic N) is 1. The summed E-state index contributed by atoms with van der Waals surface area (Å²) in [6.07, 6.45) is 0.727. The van der Waals surface area contributed by atoms with Crippen LogP contribution < -0.4 is 14.8 Å². The Hall–Kier alpha value is -4.13. The molecule has 0 radical (unpaired) electrons. The van der Waals surface area contributed by atoms with E-state index >= 15 is 0 Å². The average molecular weight is 527 g/mol. The predicted molar refractivity (Wildman–Crippen MR) is 152 cm³/mol. The van der Waals surface area contributed by atoms with Crippen molar-refractivity contribution in [3.05, 3.63) is 81.9 Å². The zero-order chi connectivity index (χ0) is 28.1. The fourth-order valence-electron chi connectivity index (χ4n) is 5.51. The van der Waals surface area contributed by atoms with Crippen molar-refractivity contribution < 1.29 is 23.8 Å². The summed E-state index contributed by atoms with van der Waals surface area (Å²) >= 11 is 0. The third kappa shape index (κ3) is 4.56. The Morgan fingerprint density at radius 3 is 2.31 bits per heavy atom. The number of benzene rings is 3. The summed E-state index contributed by atoms with van der Waals surface area (Å²) in [6.45, 7) is 9.15. The molecule has 0 aliphatic carbocycles. The molecule has 3 aromatic carbocycles. The molecule has 2 heterocycles. The van der Waals surface area contributed by atoms with Crippen LogP contribution in [0.5, 0.6) is 11.5 Å². The minimum Gasteiger partial charge on any atom is -0.493 e. The maximum absolute atomic E-state index is 12.7. The van der Waals surface area contributed by atoms with Gasteiger partial charge in [0.15, 0.2) is 11.5 Å². The van der Waals surface area contributed by atoms with Gasteiger partial charge < -0.3 is 19.5 Å². The molecule has 0 atom stereocenters. The van der Waals surface area contributed by atoms with Gasteiger partial charge in [-0.2, -0.15) is 0 Å². The Balaban J connectivity index is 1.70. The van der Waals surface area contributed by atoms with Crippen LogP contribution in [0.4, 0.5) is 0 Å². The van der Waals surface area contributed by atoms with Gasteiger partial charge in [-0.3, -0.25) is 9.79 Å². The zero-order valence-electron chi connectivity index (χ0n) is 23.5. The predicted octanol–water partition coefficient (Wildman–Crippen LogP) is 5.35. The van der Waals surface area contributed by atoms with Gasteiger partial charge in [-0.1, -0.05) is 32.0 Å². The average Bonchev–Trinajstić information content (AvgIpc) is 3.26. The SMILES string of the molecule is CNC(=O)c1ccc(-c2cc(C3=NCC(C)(C)c4cc(OC)c5c(c43)CC(C)(C)O5)ccc2C(=O)OC)cc1. The summed E-state index contributed by atoms with van der Waals surface area (Å²) in [5.74, 6) is 0.901. The minimum absolute atomic E-state index is 0.172. The standard InChI is InChI=1S/C32H34N2O5/c1-31(2)17-34-27(26-23-16-32(3,4)39-28(23)25(37-6)15-24(26)31)20-12-13-21(30(36)38-7)22(14-20)18-8-10-19(11-9-18)29(35)33-5/h8-15H,16-17H2,1-7H3,(H,33,35). The molecular weight excluding hydrogens is 492 g/mol. The van der Waals surface area contributed by atoms with Crippen LogP contribution in [-0.4, -0.2) is 51.0 Å². The summed E-state index contributed by atoms with van der Waals surface area (Å²) < 4.78 is 17.2. The number of carbonyl (C=O) groups excluding carboxylic acids is 2. The van der Waals surface area contributed by atoms with E-state index in [-0.39, 0.29) is 16.9 Å². The fourth-order valence-corrected chi connectivity index (χ4v) is 5.51. The van der Waals surface area contributed by atoms with E-state index in [4.69, 9.17) is 19.2 Å². The van der Waals surface area contributed by atoms with E-state index < -0.39 is 5.97 Å². The van der Waals surface area contributed by atoms with Crippen molar-refractivity contribution in [1.82, 2.24) is 5.32 Å². The lowest BCUT2D eigenvalue weighted by Gasteiger charge is -2.33. The van der Waals surface area contributed by atoms with E-state index in [0.717, 1.165) is 51.4 Å². The molecule has 202 valence electrons. The highest BCUT2D eigenvalue weighted by atomic mass is 16.5. The maximum atomic E-state index is 12.7. The Kier molecular flexibility index (Phi) is 6.49. The number of hydrogen-bond acceptors (Lipinski definition) is 6. The van der Waals surface area contributed by atoms with Crippen molar-refractivity contribution in [3.8, 4) is 22.6 Å². The van der Waals surface area contributed by atoms with Crippen molar-refractivity contribution >= 4 is 17.6 Å². The van der Waals surface area contributed by atoms with Crippen LogP contribution in [0.3, 0.4) is 0 Å². The van der Waals surface area contributed by atoms with Gasteiger partial charge in [0.1, 0.15) is 5.60 Å². The molecule has 1 N–H and O–H groups in total. The number of rotatable bonds is 5. The topological polar surface area (TPSA) is 86.2 Å². The quantitative estimate of drug-likeness (QED) is 0.453. The second-order valence-electron chi connectivity index (χ2n) is 11.3. The van der Waals surface area contributed by atoms with Crippen LogP contribution in [0.1, 0.15) is 70.7 Å². The summed E-state index contributed by atoms with van der Waals surface area (Å²) in [5, 5.41) is 2.63. The third-order valence-corrected chi connectivity index (χ3v) is 7.53. The lowest BCUT2D eigenvalue weighted by Crippen LogP contribution is -2.31. The molecule has 7 heteroatoms. The zero-order valence-corrected chi connectivity index (χ0v) is 23.5. The van der Waals surface area contributed by atoms with E-state index in [1.54, 1.807) is 32.4 Å². The maximum Gasteiger partial charge on any atom is 0.338 e. The third-order valence-electron chi connectivity index (χ3n) is 7.53. The molecule has 0 saturated carbocycles. The molecule has 7 nitrogen and oxygen atoms in total. The van der Waals surface area contributed by atoms with Gasteiger partial charge in [0.2, 0.25) is 0 Å². The minimum atomic E-state index is -0.431. The van der Waals surface area contributed by atoms with E-state index in [2.05, 4.69) is 39.1 Å². The van der Waals surface area contributed by atoms with Crippen LogP contribution in [0.2, 0.25) is 0 Å². The first-order valence-electron chi connectivity index (χ1n) is 13.0. The van der Waals surface area contributed by atoms with Crippen molar-refractivity contribution in [2.75, 3.05) is 27.8 Å². The van der Waals surface area contributed by atoms with Crippen molar-refractivity contribution in [3.63, 3.8) is 0 Å². The number of hydrogen-bond donors (Lipinski definition) is 1. The van der Waals surface area contributed by atoms with Gasteiger partial charge in [0.05, 0.1) is 25.5 Å². The van der Waals surface area contributed by atoms with E-state index in [9.17, 15) is 9.59 Å². The molecule has 39 heavy (non-hydrogen) atoms.